The molecule has 0 aromatic rings. The van der Waals surface area contributed by atoms with Crippen LogP contribution in [0.2, 0.25) is 0 Å². The molecule has 0 bridgehead atoms. The largest absolute Gasteiger partial charge is 0.480 e. The summed E-state index contributed by atoms with van der Waals surface area (Å²) in [7, 11) is 0. The number of hydrogen-bond acceptors (Lipinski definition) is 3. The maximum Gasteiger partial charge on any atom is 0.326 e. The molecule has 118 valence electrons. The molecule has 5 nitrogen and oxygen atoms in total. The van der Waals surface area contributed by atoms with E-state index in [1.54, 1.807) is 0 Å². The van der Waals surface area contributed by atoms with Gasteiger partial charge in [0.15, 0.2) is 0 Å². The fourth-order valence-electron chi connectivity index (χ4n) is 2.04. The first-order valence-electron chi connectivity index (χ1n) is 7.36. The van der Waals surface area contributed by atoms with Gasteiger partial charge in [0.2, 0.25) is 5.91 Å². The van der Waals surface area contributed by atoms with Crippen LogP contribution in [0.25, 0.3) is 0 Å². The van der Waals surface area contributed by atoms with E-state index < -0.39 is 12.0 Å². The second-order valence-corrected chi connectivity index (χ2v) is 6.15. The molecule has 0 aliphatic heterocycles. The van der Waals surface area contributed by atoms with E-state index in [2.05, 4.69) is 19.2 Å². The Morgan fingerprint density at radius 1 is 1.05 bits per heavy atom. The van der Waals surface area contributed by atoms with Crippen LogP contribution >= 0.6 is 0 Å². The van der Waals surface area contributed by atoms with Crippen molar-refractivity contribution in [1.29, 1.82) is 0 Å². The van der Waals surface area contributed by atoms with Crippen molar-refractivity contribution in [2.24, 2.45) is 11.8 Å². The van der Waals surface area contributed by atoms with E-state index >= 15 is 0 Å². The van der Waals surface area contributed by atoms with Gasteiger partial charge in [-0.25, -0.2) is 4.79 Å². The van der Waals surface area contributed by atoms with E-state index in [0.29, 0.717) is 18.9 Å². The number of carbonyl (C=O) groups is 2. The number of amides is 1. The summed E-state index contributed by atoms with van der Waals surface area (Å²) < 4.78 is 5.54. The molecular weight excluding hydrogens is 258 g/mol. The van der Waals surface area contributed by atoms with Gasteiger partial charge in [-0.3, -0.25) is 4.79 Å². The number of carboxylic acids is 1. The van der Waals surface area contributed by atoms with Crippen LogP contribution in [0.1, 0.15) is 53.9 Å². The Morgan fingerprint density at radius 3 is 2.05 bits per heavy atom. The third kappa shape index (κ3) is 9.78. The van der Waals surface area contributed by atoms with Gasteiger partial charge in [-0.15, -0.1) is 0 Å². The fraction of sp³-hybridized carbons (Fsp3) is 0.867. The van der Waals surface area contributed by atoms with E-state index in [9.17, 15) is 9.59 Å². The monoisotopic (exact) mass is 287 g/mol. The second-order valence-electron chi connectivity index (χ2n) is 6.15. The average Bonchev–Trinajstić information content (AvgIpc) is 2.26. The quantitative estimate of drug-likeness (QED) is 0.647. The number of aliphatic carboxylic acids is 1. The Balaban J connectivity index is 3.99. The summed E-state index contributed by atoms with van der Waals surface area (Å²) in [4.78, 5) is 22.7. The normalized spacial score (nSPS) is 14.3. The molecule has 0 saturated heterocycles. The highest BCUT2D eigenvalue weighted by molar-refractivity contribution is 5.83. The molecule has 0 spiro atoms. The number of ether oxygens (including phenoxy) is 1. The Morgan fingerprint density at radius 2 is 1.60 bits per heavy atom. The SMILES string of the molecule is CC(C)CC(C)OCCC(=O)NC(CC(C)C)C(=O)O. The van der Waals surface area contributed by atoms with Crippen molar-refractivity contribution in [1.82, 2.24) is 5.32 Å². The molecule has 20 heavy (non-hydrogen) atoms. The summed E-state index contributed by atoms with van der Waals surface area (Å²) in [5, 5.41) is 11.6. The number of carbonyl (C=O) groups excluding carboxylic acids is 1. The van der Waals surface area contributed by atoms with Gasteiger partial charge in [0.05, 0.1) is 12.7 Å². The summed E-state index contributed by atoms with van der Waals surface area (Å²) in [5.41, 5.74) is 0. The van der Waals surface area contributed by atoms with Crippen LogP contribution in [0.15, 0.2) is 0 Å². The minimum Gasteiger partial charge on any atom is -0.480 e. The lowest BCUT2D eigenvalue weighted by Gasteiger charge is -2.18. The standard InChI is InChI=1S/C15H29NO4/c1-10(2)8-12(5)20-7-6-14(17)16-13(15(18)19)9-11(3)4/h10-13H,6-9H2,1-5H3,(H,16,17)(H,18,19). The molecule has 0 aromatic carbocycles. The molecule has 0 heterocycles. The maximum absolute atomic E-state index is 11.7. The predicted molar refractivity (Wildman–Crippen MR) is 78.5 cm³/mol. The van der Waals surface area contributed by atoms with Crippen LogP contribution in [0.5, 0.6) is 0 Å². The summed E-state index contributed by atoms with van der Waals surface area (Å²) >= 11 is 0. The molecule has 5 heteroatoms. The van der Waals surface area contributed by atoms with Gasteiger partial charge < -0.3 is 15.2 Å². The number of rotatable bonds is 10. The second kappa shape index (κ2) is 9.75. The van der Waals surface area contributed by atoms with Crippen LogP contribution in [-0.2, 0) is 14.3 Å². The minimum absolute atomic E-state index is 0.119. The average molecular weight is 287 g/mol. The Labute approximate surface area is 122 Å². The van der Waals surface area contributed by atoms with Gasteiger partial charge in [-0.1, -0.05) is 27.7 Å². The molecule has 2 N–H and O–H groups in total. The zero-order chi connectivity index (χ0) is 15.7. The van der Waals surface area contributed by atoms with Gasteiger partial charge in [-0.05, 0) is 31.6 Å². The van der Waals surface area contributed by atoms with E-state index in [4.69, 9.17) is 9.84 Å². The number of nitrogens with one attached hydrogen (secondary N) is 1. The van der Waals surface area contributed by atoms with Crippen molar-refractivity contribution in [3.05, 3.63) is 0 Å². The van der Waals surface area contributed by atoms with E-state index in [1.807, 2.05) is 20.8 Å². The predicted octanol–water partition coefficient (Wildman–Crippen LogP) is 2.44. The molecule has 2 unspecified atom stereocenters. The van der Waals surface area contributed by atoms with Crippen LogP contribution in [-0.4, -0.2) is 35.7 Å². The molecule has 0 aromatic heterocycles. The van der Waals surface area contributed by atoms with Crippen molar-refractivity contribution in [3.63, 3.8) is 0 Å². The van der Waals surface area contributed by atoms with Crippen LogP contribution < -0.4 is 5.32 Å². The van der Waals surface area contributed by atoms with Gasteiger partial charge in [0.25, 0.3) is 0 Å². The van der Waals surface area contributed by atoms with Crippen molar-refractivity contribution < 1.29 is 19.4 Å². The van der Waals surface area contributed by atoms with Crippen molar-refractivity contribution in [2.45, 2.75) is 66.0 Å². The Hall–Kier alpha value is -1.10. The zero-order valence-electron chi connectivity index (χ0n) is 13.3. The van der Waals surface area contributed by atoms with Crippen LogP contribution in [0.3, 0.4) is 0 Å². The molecule has 1 amide bonds. The first-order chi connectivity index (χ1) is 9.22. The molecular formula is C15H29NO4. The first-order valence-corrected chi connectivity index (χ1v) is 7.36. The Bertz CT molecular complexity index is 302. The lowest BCUT2D eigenvalue weighted by atomic mass is 10.0. The third-order valence-corrected chi connectivity index (χ3v) is 2.88. The highest BCUT2D eigenvalue weighted by Crippen LogP contribution is 2.08. The highest BCUT2D eigenvalue weighted by atomic mass is 16.5. The van der Waals surface area contributed by atoms with E-state index in [-0.39, 0.29) is 24.3 Å². The molecule has 0 aliphatic carbocycles. The summed E-state index contributed by atoms with van der Waals surface area (Å²) in [5.74, 6) is -0.476. The molecule has 0 rings (SSSR count). The lowest BCUT2D eigenvalue weighted by Crippen LogP contribution is -2.42. The summed E-state index contributed by atoms with van der Waals surface area (Å²) in [6, 6.07) is -0.810. The molecule has 0 fully saturated rings. The van der Waals surface area contributed by atoms with Gasteiger partial charge >= 0.3 is 5.97 Å². The Kier molecular flexibility index (Phi) is 9.21. The van der Waals surface area contributed by atoms with Gasteiger partial charge in [0, 0.05) is 6.42 Å². The molecule has 0 saturated carbocycles. The minimum atomic E-state index is -0.985. The van der Waals surface area contributed by atoms with Crippen LogP contribution in [0.4, 0.5) is 0 Å². The zero-order valence-corrected chi connectivity index (χ0v) is 13.3. The fourth-order valence-corrected chi connectivity index (χ4v) is 2.04. The lowest BCUT2D eigenvalue weighted by molar-refractivity contribution is -0.142. The van der Waals surface area contributed by atoms with Crippen molar-refractivity contribution >= 4 is 11.9 Å². The maximum atomic E-state index is 11.7. The first kappa shape index (κ1) is 18.9. The number of hydrogen-bond donors (Lipinski definition) is 2. The van der Waals surface area contributed by atoms with Crippen molar-refractivity contribution in [2.75, 3.05) is 6.61 Å². The third-order valence-electron chi connectivity index (χ3n) is 2.88. The number of carboxylic acid groups (broad SMARTS) is 1. The molecule has 0 radical (unpaired) electrons. The van der Waals surface area contributed by atoms with Gasteiger partial charge in [0.1, 0.15) is 6.04 Å². The highest BCUT2D eigenvalue weighted by Gasteiger charge is 2.20. The molecule has 2 atom stereocenters. The summed E-state index contributed by atoms with van der Waals surface area (Å²) in [6.45, 7) is 10.4. The van der Waals surface area contributed by atoms with E-state index in [1.165, 1.54) is 0 Å². The van der Waals surface area contributed by atoms with Crippen molar-refractivity contribution in [3.8, 4) is 0 Å². The summed E-state index contributed by atoms with van der Waals surface area (Å²) in [6.07, 6.45) is 1.71. The van der Waals surface area contributed by atoms with Gasteiger partial charge in [-0.2, -0.15) is 0 Å². The van der Waals surface area contributed by atoms with Crippen LogP contribution in [0, 0.1) is 11.8 Å². The van der Waals surface area contributed by atoms with E-state index in [0.717, 1.165) is 6.42 Å². The molecule has 0 aliphatic rings. The smallest absolute Gasteiger partial charge is 0.326 e. The topological polar surface area (TPSA) is 75.6 Å².